The zero-order valence-electron chi connectivity index (χ0n) is 10.9. The molecular formula is C10H14F3N5O2. The molecule has 1 heterocycles. The van der Waals surface area contributed by atoms with Crippen LogP contribution < -0.4 is 10.6 Å². The van der Waals surface area contributed by atoms with Crippen molar-refractivity contribution in [3.05, 3.63) is 15.8 Å². The Labute approximate surface area is 112 Å². The number of aryl methyl sites for hydroxylation is 1. The first-order valence-electron chi connectivity index (χ1n) is 5.82. The van der Waals surface area contributed by atoms with Gasteiger partial charge in [-0.25, -0.2) is 4.98 Å². The van der Waals surface area contributed by atoms with Crippen molar-refractivity contribution in [2.45, 2.75) is 26.4 Å². The highest BCUT2D eigenvalue weighted by Crippen LogP contribution is 2.27. The molecule has 20 heavy (non-hydrogen) atoms. The highest BCUT2D eigenvalue weighted by Gasteiger charge is 2.28. The summed E-state index contributed by atoms with van der Waals surface area (Å²) in [6.45, 7) is 3.16. The Morgan fingerprint density at radius 3 is 2.45 bits per heavy atom. The molecule has 0 aromatic carbocycles. The monoisotopic (exact) mass is 293 g/mol. The highest BCUT2D eigenvalue weighted by atomic mass is 19.4. The summed E-state index contributed by atoms with van der Waals surface area (Å²) in [4.78, 5) is 17.9. The van der Waals surface area contributed by atoms with E-state index in [1.165, 1.54) is 6.92 Å². The van der Waals surface area contributed by atoms with E-state index < -0.39 is 29.8 Å². The van der Waals surface area contributed by atoms with Crippen LogP contribution in [0.4, 0.5) is 30.6 Å². The van der Waals surface area contributed by atoms with Crippen molar-refractivity contribution in [2.24, 2.45) is 0 Å². The van der Waals surface area contributed by atoms with E-state index >= 15 is 0 Å². The summed E-state index contributed by atoms with van der Waals surface area (Å²) in [5, 5.41) is 16.0. The fourth-order valence-corrected chi connectivity index (χ4v) is 1.47. The number of hydrogen-bond acceptors (Lipinski definition) is 6. The van der Waals surface area contributed by atoms with Crippen molar-refractivity contribution in [3.8, 4) is 0 Å². The van der Waals surface area contributed by atoms with Crippen LogP contribution in [0.2, 0.25) is 0 Å². The predicted molar refractivity (Wildman–Crippen MR) is 66.7 cm³/mol. The molecule has 0 aliphatic carbocycles. The lowest BCUT2D eigenvalue weighted by atomic mass is 10.3. The SMILES string of the molecule is CCNc1nc(C)c([N+](=O)[O-])c(NCCC(F)(F)F)n1. The van der Waals surface area contributed by atoms with Crippen LogP contribution in [0, 0.1) is 17.0 Å². The number of rotatable bonds is 6. The minimum atomic E-state index is -4.34. The number of nitrogens with one attached hydrogen (secondary N) is 2. The van der Waals surface area contributed by atoms with Gasteiger partial charge in [0, 0.05) is 13.1 Å². The van der Waals surface area contributed by atoms with Crippen LogP contribution in [0.25, 0.3) is 0 Å². The molecule has 2 N–H and O–H groups in total. The third kappa shape index (κ3) is 4.52. The van der Waals surface area contributed by atoms with Gasteiger partial charge in [-0.05, 0) is 13.8 Å². The molecule has 1 aromatic heterocycles. The van der Waals surface area contributed by atoms with Gasteiger partial charge in [-0.2, -0.15) is 18.2 Å². The molecule has 10 heteroatoms. The highest BCUT2D eigenvalue weighted by molar-refractivity contribution is 5.60. The van der Waals surface area contributed by atoms with E-state index in [2.05, 4.69) is 20.6 Å². The van der Waals surface area contributed by atoms with Crippen molar-refractivity contribution in [1.82, 2.24) is 9.97 Å². The molecule has 0 unspecified atom stereocenters. The lowest BCUT2D eigenvalue weighted by Gasteiger charge is -2.11. The minimum absolute atomic E-state index is 0.0791. The Morgan fingerprint density at radius 1 is 1.30 bits per heavy atom. The average Bonchev–Trinajstić information content (AvgIpc) is 2.26. The summed E-state index contributed by atoms with van der Waals surface area (Å²) >= 11 is 0. The number of nitro groups is 1. The lowest BCUT2D eigenvalue weighted by molar-refractivity contribution is -0.385. The average molecular weight is 293 g/mol. The van der Waals surface area contributed by atoms with Gasteiger partial charge in [0.2, 0.25) is 11.8 Å². The zero-order valence-corrected chi connectivity index (χ0v) is 10.9. The van der Waals surface area contributed by atoms with Crippen LogP contribution in [-0.2, 0) is 0 Å². The molecule has 7 nitrogen and oxygen atoms in total. The fraction of sp³-hybridized carbons (Fsp3) is 0.600. The quantitative estimate of drug-likeness (QED) is 0.618. The Morgan fingerprint density at radius 2 is 1.95 bits per heavy atom. The van der Waals surface area contributed by atoms with Gasteiger partial charge in [-0.3, -0.25) is 10.1 Å². The van der Waals surface area contributed by atoms with Crippen LogP contribution in [-0.4, -0.2) is 34.2 Å². The van der Waals surface area contributed by atoms with Gasteiger partial charge in [0.1, 0.15) is 5.69 Å². The maximum atomic E-state index is 12.1. The smallest absolute Gasteiger partial charge is 0.364 e. The fourth-order valence-electron chi connectivity index (χ4n) is 1.47. The number of halogens is 3. The van der Waals surface area contributed by atoms with E-state index in [1.807, 2.05) is 0 Å². The van der Waals surface area contributed by atoms with E-state index in [-0.39, 0.29) is 17.5 Å². The summed E-state index contributed by atoms with van der Waals surface area (Å²) in [6.07, 6.45) is -5.45. The predicted octanol–water partition coefficient (Wildman–Crippen LogP) is 2.49. The summed E-state index contributed by atoms with van der Waals surface area (Å²) in [5.74, 6) is -0.0900. The Kier molecular flexibility index (Phi) is 5.06. The number of anilines is 2. The Balaban J connectivity index is 2.98. The van der Waals surface area contributed by atoms with Crippen LogP contribution in [0.1, 0.15) is 19.0 Å². The van der Waals surface area contributed by atoms with Crippen molar-refractivity contribution in [3.63, 3.8) is 0 Å². The summed E-state index contributed by atoms with van der Waals surface area (Å²) in [5.41, 5.74) is -0.343. The first kappa shape index (κ1) is 15.9. The molecule has 0 atom stereocenters. The first-order valence-corrected chi connectivity index (χ1v) is 5.82. The van der Waals surface area contributed by atoms with Gasteiger partial charge in [0.15, 0.2) is 0 Å². The molecule has 0 amide bonds. The van der Waals surface area contributed by atoms with Crippen molar-refractivity contribution in [1.29, 1.82) is 0 Å². The minimum Gasteiger partial charge on any atom is -0.364 e. The summed E-state index contributed by atoms with van der Waals surface area (Å²) in [6, 6.07) is 0. The zero-order chi connectivity index (χ0) is 15.3. The van der Waals surface area contributed by atoms with E-state index in [4.69, 9.17) is 0 Å². The maximum Gasteiger partial charge on any atom is 0.390 e. The topological polar surface area (TPSA) is 93.0 Å². The molecule has 0 radical (unpaired) electrons. The molecule has 0 bridgehead atoms. The second kappa shape index (κ2) is 6.35. The number of nitrogens with zero attached hydrogens (tertiary/aromatic N) is 3. The summed E-state index contributed by atoms with van der Waals surface area (Å²) in [7, 11) is 0. The Hall–Kier alpha value is -2.13. The number of alkyl halides is 3. The van der Waals surface area contributed by atoms with E-state index in [9.17, 15) is 23.3 Å². The van der Waals surface area contributed by atoms with Crippen molar-refractivity contribution < 1.29 is 18.1 Å². The number of hydrogen-bond donors (Lipinski definition) is 2. The molecular weight excluding hydrogens is 279 g/mol. The third-order valence-electron chi connectivity index (χ3n) is 2.28. The van der Waals surface area contributed by atoms with Gasteiger partial charge in [0.25, 0.3) is 0 Å². The van der Waals surface area contributed by atoms with Crippen LogP contribution in [0.3, 0.4) is 0 Å². The molecule has 1 aromatic rings. The van der Waals surface area contributed by atoms with Crippen LogP contribution in [0.15, 0.2) is 0 Å². The van der Waals surface area contributed by atoms with Gasteiger partial charge < -0.3 is 10.6 Å². The molecule has 1 rings (SSSR count). The van der Waals surface area contributed by atoms with Crippen molar-refractivity contribution >= 4 is 17.5 Å². The van der Waals surface area contributed by atoms with E-state index in [0.29, 0.717) is 6.54 Å². The number of aromatic nitrogens is 2. The normalized spacial score (nSPS) is 11.2. The van der Waals surface area contributed by atoms with E-state index in [1.54, 1.807) is 6.92 Å². The maximum absolute atomic E-state index is 12.1. The van der Waals surface area contributed by atoms with E-state index in [0.717, 1.165) is 0 Å². The van der Waals surface area contributed by atoms with Crippen molar-refractivity contribution in [2.75, 3.05) is 23.7 Å². The first-order chi connectivity index (χ1) is 9.24. The third-order valence-corrected chi connectivity index (χ3v) is 2.28. The molecule has 0 saturated heterocycles. The lowest BCUT2D eigenvalue weighted by Crippen LogP contribution is -2.17. The molecule has 0 aliphatic rings. The van der Waals surface area contributed by atoms with Gasteiger partial charge in [-0.15, -0.1) is 0 Å². The second-order valence-electron chi connectivity index (χ2n) is 3.91. The van der Waals surface area contributed by atoms with Gasteiger partial charge in [-0.1, -0.05) is 0 Å². The van der Waals surface area contributed by atoms with Gasteiger partial charge >= 0.3 is 11.9 Å². The second-order valence-corrected chi connectivity index (χ2v) is 3.91. The van der Waals surface area contributed by atoms with Gasteiger partial charge in [0.05, 0.1) is 11.3 Å². The largest absolute Gasteiger partial charge is 0.390 e. The standard InChI is InChI=1S/C10H14F3N5O2/c1-3-14-9-16-6(2)7(18(19)20)8(17-9)15-5-4-10(11,12)13/h3-5H2,1-2H3,(H2,14,15,16,17). The molecule has 0 aliphatic heterocycles. The molecule has 0 spiro atoms. The Bertz CT molecular complexity index is 493. The van der Waals surface area contributed by atoms with Crippen LogP contribution >= 0.6 is 0 Å². The summed E-state index contributed by atoms with van der Waals surface area (Å²) < 4.78 is 36.2. The molecule has 0 saturated carbocycles. The van der Waals surface area contributed by atoms with Crippen LogP contribution in [0.5, 0.6) is 0 Å². The molecule has 0 fully saturated rings. The molecule has 112 valence electrons.